The van der Waals surface area contributed by atoms with Crippen molar-refractivity contribution in [3.05, 3.63) is 18.2 Å². The number of fused-ring (bicyclic) bond motifs is 1. The molecule has 84 valence electrons. The van der Waals surface area contributed by atoms with Gasteiger partial charge in [0.1, 0.15) is 11.0 Å². The first-order valence-corrected chi connectivity index (χ1v) is 5.70. The first-order chi connectivity index (χ1) is 7.81. The highest BCUT2D eigenvalue weighted by Crippen LogP contribution is 2.25. The highest BCUT2D eigenvalue weighted by molar-refractivity contribution is 7.99. The third kappa shape index (κ3) is 2.33. The Kier molecular flexibility index (Phi) is 3.40. The molecule has 0 aliphatic carbocycles. The topological polar surface area (TPSA) is 65.2 Å². The van der Waals surface area contributed by atoms with Gasteiger partial charge in [-0.05, 0) is 22.4 Å². The van der Waals surface area contributed by atoms with E-state index in [1.807, 2.05) is 18.2 Å². The molecule has 16 heavy (non-hydrogen) atoms. The number of rotatable bonds is 4. The number of carbonyl (C=O) groups excluding carboxylic acids is 1. The highest BCUT2D eigenvalue weighted by Gasteiger charge is 2.07. The van der Waals surface area contributed by atoms with Gasteiger partial charge in [-0.3, -0.25) is 4.79 Å². The van der Waals surface area contributed by atoms with Crippen LogP contribution in [0.15, 0.2) is 27.7 Å². The summed E-state index contributed by atoms with van der Waals surface area (Å²) in [7, 11) is 1.38. The van der Waals surface area contributed by atoms with Gasteiger partial charge < -0.3 is 4.74 Å². The zero-order valence-electron chi connectivity index (χ0n) is 8.67. The Morgan fingerprint density at radius 3 is 3.19 bits per heavy atom. The zero-order chi connectivity index (χ0) is 11.4. The summed E-state index contributed by atoms with van der Waals surface area (Å²) in [5.41, 5.74) is 1.46. The van der Waals surface area contributed by atoms with Crippen LogP contribution in [-0.4, -0.2) is 29.1 Å². The van der Waals surface area contributed by atoms with E-state index in [1.54, 1.807) is 0 Å². The second kappa shape index (κ2) is 4.98. The van der Waals surface area contributed by atoms with Crippen molar-refractivity contribution in [2.24, 2.45) is 0 Å². The van der Waals surface area contributed by atoms with Crippen LogP contribution in [0.2, 0.25) is 0 Å². The molecule has 0 bridgehead atoms. The van der Waals surface area contributed by atoms with E-state index in [-0.39, 0.29) is 5.97 Å². The summed E-state index contributed by atoms with van der Waals surface area (Å²) in [6, 6.07) is 5.64. The van der Waals surface area contributed by atoms with E-state index in [0.29, 0.717) is 12.2 Å². The predicted molar refractivity (Wildman–Crippen MR) is 59.2 cm³/mol. The van der Waals surface area contributed by atoms with Crippen LogP contribution in [-0.2, 0) is 9.53 Å². The fourth-order valence-electron chi connectivity index (χ4n) is 1.24. The lowest BCUT2D eigenvalue weighted by Crippen LogP contribution is -2.00. The van der Waals surface area contributed by atoms with Gasteiger partial charge in [-0.25, -0.2) is 4.63 Å². The van der Waals surface area contributed by atoms with Gasteiger partial charge in [-0.1, -0.05) is 6.07 Å². The number of thioether (sulfide) groups is 1. The Labute approximate surface area is 96.1 Å². The van der Waals surface area contributed by atoms with E-state index < -0.39 is 0 Å². The summed E-state index contributed by atoms with van der Waals surface area (Å²) < 4.78 is 9.21. The van der Waals surface area contributed by atoms with Crippen molar-refractivity contribution in [2.75, 3.05) is 12.9 Å². The van der Waals surface area contributed by atoms with Crippen molar-refractivity contribution in [1.29, 1.82) is 0 Å². The molecular weight excluding hydrogens is 228 g/mol. The number of hydrogen-bond acceptors (Lipinski definition) is 6. The van der Waals surface area contributed by atoms with Crippen LogP contribution in [0.5, 0.6) is 0 Å². The van der Waals surface area contributed by atoms with E-state index >= 15 is 0 Å². The molecule has 0 amide bonds. The normalized spacial score (nSPS) is 10.6. The first-order valence-electron chi connectivity index (χ1n) is 4.72. The fourth-order valence-corrected chi connectivity index (χ4v) is 2.19. The average Bonchev–Trinajstić information content (AvgIpc) is 2.77. The Morgan fingerprint density at radius 1 is 1.50 bits per heavy atom. The summed E-state index contributed by atoms with van der Waals surface area (Å²) in [6.45, 7) is 0. The lowest BCUT2D eigenvalue weighted by molar-refractivity contribution is -0.140. The maximum Gasteiger partial charge on any atom is 0.306 e. The van der Waals surface area contributed by atoms with Gasteiger partial charge in [-0.15, -0.1) is 11.8 Å². The smallest absolute Gasteiger partial charge is 0.306 e. The molecule has 0 aliphatic rings. The number of methoxy groups -OCH3 is 1. The molecule has 5 nitrogen and oxygen atoms in total. The molecule has 1 aromatic heterocycles. The number of carbonyl (C=O) groups is 1. The van der Waals surface area contributed by atoms with Crippen LogP contribution in [0.3, 0.4) is 0 Å². The van der Waals surface area contributed by atoms with Crippen LogP contribution in [0.25, 0.3) is 11.0 Å². The predicted octanol–water partition coefficient (Wildman–Crippen LogP) is 1.88. The molecule has 0 atom stereocenters. The zero-order valence-corrected chi connectivity index (χ0v) is 9.49. The van der Waals surface area contributed by atoms with E-state index in [2.05, 4.69) is 19.7 Å². The monoisotopic (exact) mass is 238 g/mol. The lowest BCUT2D eigenvalue weighted by Gasteiger charge is -2.00. The van der Waals surface area contributed by atoms with E-state index in [9.17, 15) is 4.79 Å². The maximum atomic E-state index is 10.9. The van der Waals surface area contributed by atoms with Gasteiger partial charge in [0.05, 0.1) is 13.5 Å². The van der Waals surface area contributed by atoms with Gasteiger partial charge in [0.15, 0.2) is 0 Å². The molecular formula is C10H10N2O3S. The number of aromatic nitrogens is 2. The van der Waals surface area contributed by atoms with Crippen molar-refractivity contribution in [2.45, 2.75) is 11.3 Å². The third-order valence-corrected chi connectivity index (χ3v) is 3.09. The van der Waals surface area contributed by atoms with Crippen LogP contribution >= 0.6 is 11.8 Å². The van der Waals surface area contributed by atoms with Crippen molar-refractivity contribution >= 4 is 28.8 Å². The minimum absolute atomic E-state index is 0.210. The largest absolute Gasteiger partial charge is 0.469 e. The minimum Gasteiger partial charge on any atom is -0.469 e. The Hall–Kier alpha value is -1.56. The van der Waals surface area contributed by atoms with Crippen molar-refractivity contribution in [3.8, 4) is 0 Å². The van der Waals surface area contributed by atoms with Gasteiger partial charge in [0, 0.05) is 10.6 Å². The molecule has 1 aromatic carbocycles. The van der Waals surface area contributed by atoms with Crippen LogP contribution in [0.1, 0.15) is 6.42 Å². The molecule has 0 fully saturated rings. The van der Waals surface area contributed by atoms with Gasteiger partial charge in [0.25, 0.3) is 0 Å². The molecule has 0 N–H and O–H groups in total. The molecule has 0 radical (unpaired) electrons. The minimum atomic E-state index is -0.210. The third-order valence-electron chi connectivity index (χ3n) is 2.04. The van der Waals surface area contributed by atoms with Crippen molar-refractivity contribution in [1.82, 2.24) is 10.3 Å². The molecule has 0 spiro atoms. The summed E-state index contributed by atoms with van der Waals surface area (Å²) >= 11 is 1.53. The molecule has 0 saturated carbocycles. The summed E-state index contributed by atoms with van der Waals surface area (Å²) in [5.74, 6) is 0.441. The fraction of sp³-hybridized carbons (Fsp3) is 0.300. The van der Waals surface area contributed by atoms with E-state index in [4.69, 9.17) is 0 Å². The number of hydrogen-bond donors (Lipinski definition) is 0. The summed E-state index contributed by atoms with van der Waals surface area (Å²) in [5, 5.41) is 7.56. The Bertz CT molecular complexity index is 498. The van der Waals surface area contributed by atoms with Crippen LogP contribution < -0.4 is 0 Å². The van der Waals surface area contributed by atoms with Crippen LogP contribution in [0.4, 0.5) is 0 Å². The highest BCUT2D eigenvalue weighted by atomic mass is 32.2. The summed E-state index contributed by atoms with van der Waals surface area (Å²) in [4.78, 5) is 11.9. The first kappa shape index (κ1) is 10.9. The van der Waals surface area contributed by atoms with Crippen molar-refractivity contribution in [3.63, 3.8) is 0 Å². The molecule has 0 unspecified atom stereocenters. The lowest BCUT2D eigenvalue weighted by atomic mass is 10.3. The SMILES string of the molecule is COC(=O)CCSc1cccc2nonc12. The average molecular weight is 238 g/mol. The molecule has 6 heteroatoms. The second-order valence-electron chi connectivity index (χ2n) is 3.06. The number of ether oxygens (including phenoxy) is 1. The summed E-state index contributed by atoms with van der Waals surface area (Å²) in [6.07, 6.45) is 0.378. The Balaban J connectivity index is 2.04. The molecule has 0 saturated heterocycles. The van der Waals surface area contributed by atoms with Gasteiger partial charge in [-0.2, -0.15) is 0 Å². The maximum absolute atomic E-state index is 10.9. The second-order valence-corrected chi connectivity index (χ2v) is 4.20. The van der Waals surface area contributed by atoms with Crippen LogP contribution in [0, 0.1) is 0 Å². The van der Waals surface area contributed by atoms with Gasteiger partial charge >= 0.3 is 5.97 Å². The molecule has 2 aromatic rings. The quantitative estimate of drug-likeness (QED) is 0.598. The molecule has 0 aliphatic heterocycles. The van der Waals surface area contributed by atoms with Crippen molar-refractivity contribution < 1.29 is 14.2 Å². The van der Waals surface area contributed by atoms with E-state index in [0.717, 1.165) is 15.9 Å². The number of benzene rings is 1. The van der Waals surface area contributed by atoms with Gasteiger partial charge in [0.2, 0.25) is 0 Å². The molecule has 1 heterocycles. The Morgan fingerprint density at radius 2 is 2.38 bits per heavy atom. The number of esters is 1. The standard InChI is InChI=1S/C10H10N2O3S/c1-14-9(13)5-6-16-8-4-2-3-7-10(8)12-15-11-7/h2-4H,5-6H2,1H3. The number of nitrogens with zero attached hydrogens (tertiary/aromatic N) is 2. The molecule has 2 rings (SSSR count). The van der Waals surface area contributed by atoms with E-state index in [1.165, 1.54) is 18.9 Å².